The summed E-state index contributed by atoms with van der Waals surface area (Å²) in [6, 6.07) is 9.85. The molecule has 8 heteroatoms. The smallest absolute Gasteiger partial charge is 0.276 e. The van der Waals surface area contributed by atoms with Crippen LogP contribution in [-0.2, 0) is 5.54 Å². The minimum atomic E-state index is -0.505. The summed E-state index contributed by atoms with van der Waals surface area (Å²) >= 11 is 0. The molecule has 0 spiro atoms. The van der Waals surface area contributed by atoms with E-state index in [1.165, 1.54) is 0 Å². The van der Waals surface area contributed by atoms with Crippen molar-refractivity contribution in [1.29, 1.82) is 0 Å². The average molecular weight is 337 g/mol. The molecule has 1 aromatic carbocycles. The molecule has 0 amide bonds. The Morgan fingerprint density at radius 1 is 1.24 bits per heavy atom. The molecule has 1 fully saturated rings. The second kappa shape index (κ2) is 6.21. The summed E-state index contributed by atoms with van der Waals surface area (Å²) < 4.78 is 7.12. The van der Waals surface area contributed by atoms with E-state index in [-0.39, 0.29) is 0 Å². The number of aryl methyl sites for hydroxylation is 1. The van der Waals surface area contributed by atoms with Crippen molar-refractivity contribution in [2.75, 3.05) is 0 Å². The maximum Gasteiger partial charge on any atom is 0.276 e. The molecule has 3 aromatic rings. The molecule has 0 aliphatic heterocycles. The van der Waals surface area contributed by atoms with Crippen LogP contribution in [0.3, 0.4) is 0 Å². The van der Waals surface area contributed by atoms with Gasteiger partial charge in [-0.15, -0.1) is 5.10 Å². The fraction of sp³-hybridized carbons (Fsp3) is 0.353. The van der Waals surface area contributed by atoms with Crippen LogP contribution in [0.1, 0.15) is 48.8 Å². The van der Waals surface area contributed by atoms with E-state index in [2.05, 4.69) is 25.7 Å². The van der Waals surface area contributed by atoms with E-state index in [0.29, 0.717) is 23.2 Å². The Kier molecular flexibility index (Phi) is 3.89. The third-order valence-electron chi connectivity index (χ3n) is 4.54. The molecule has 128 valence electrons. The third kappa shape index (κ3) is 2.96. The van der Waals surface area contributed by atoms with Crippen LogP contribution < -0.4 is 5.73 Å². The summed E-state index contributed by atoms with van der Waals surface area (Å²) in [7, 11) is 0. The van der Waals surface area contributed by atoms with Gasteiger partial charge in [0.1, 0.15) is 5.70 Å². The number of nitrogens with two attached hydrogens (primary N) is 1. The van der Waals surface area contributed by atoms with Crippen LogP contribution in [0, 0.1) is 6.92 Å². The summed E-state index contributed by atoms with van der Waals surface area (Å²) in [5.41, 5.74) is 7.54. The number of hydrogen-bond acceptors (Lipinski definition) is 7. The lowest BCUT2D eigenvalue weighted by atomic mass is 9.99. The zero-order chi connectivity index (χ0) is 17.3. The minimum Gasteiger partial charge on any atom is -0.332 e. The lowest BCUT2D eigenvalue weighted by molar-refractivity contribution is 0.361. The van der Waals surface area contributed by atoms with Gasteiger partial charge in [-0.2, -0.15) is 9.67 Å². The van der Waals surface area contributed by atoms with Crippen LogP contribution in [0.4, 0.5) is 0 Å². The molecular weight excluding hydrogens is 318 g/mol. The highest BCUT2D eigenvalue weighted by atomic mass is 16.5. The molecule has 0 bridgehead atoms. The molecule has 4 rings (SSSR count). The van der Waals surface area contributed by atoms with Gasteiger partial charge in [0, 0.05) is 0 Å². The lowest BCUT2D eigenvalue weighted by Gasteiger charge is -2.17. The second-order valence-corrected chi connectivity index (χ2v) is 6.36. The highest BCUT2D eigenvalue weighted by Gasteiger charge is 2.36. The Morgan fingerprint density at radius 2 is 2.00 bits per heavy atom. The van der Waals surface area contributed by atoms with Crippen LogP contribution in [0.5, 0.6) is 0 Å². The summed E-state index contributed by atoms with van der Waals surface area (Å²) in [6.45, 7) is 1.82. The fourth-order valence-corrected chi connectivity index (χ4v) is 3.13. The number of rotatable bonds is 4. The van der Waals surface area contributed by atoms with Crippen LogP contribution in [-0.4, -0.2) is 30.3 Å². The highest BCUT2D eigenvalue weighted by molar-refractivity contribution is 5.77. The Labute approximate surface area is 144 Å². The summed E-state index contributed by atoms with van der Waals surface area (Å²) in [4.78, 5) is 4.57. The maximum atomic E-state index is 6.44. The van der Waals surface area contributed by atoms with E-state index in [4.69, 9.17) is 10.3 Å². The number of nitrogens with zero attached hydrogens (tertiary/aromatic N) is 6. The maximum absolute atomic E-state index is 6.44. The first-order valence-electron chi connectivity index (χ1n) is 8.31. The molecule has 8 nitrogen and oxygen atoms in total. The number of benzene rings is 1. The Morgan fingerprint density at radius 3 is 2.68 bits per heavy atom. The molecule has 2 heterocycles. The largest absolute Gasteiger partial charge is 0.332 e. The topological polar surface area (TPSA) is 109 Å². The number of tetrazole rings is 1. The first-order valence-corrected chi connectivity index (χ1v) is 8.31. The van der Waals surface area contributed by atoms with Gasteiger partial charge in [0.15, 0.2) is 11.6 Å². The van der Waals surface area contributed by atoms with E-state index in [9.17, 15) is 0 Å². The Balaban J connectivity index is 1.78. The summed E-state index contributed by atoms with van der Waals surface area (Å²) in [5, 5.41) is 15.8. The molecule has 0 atom stereocenters. The fourth-order valence-electron chi connectivity index (χ4n) is 3.13. The average Bonchev–Trinajstić information content (AvgIpc) is 3.35. The van der Waals surface area contributed by atoms with Crippen LogP contribution in [0.2, 0.25) is 0 Å². The molecule has 1 aliphatic rings. The van der Waals surface area contributed by atoms with Gasteiger partial charge in [-0.05, 0) is 41.8 Å². The van der Waals surface area contributed by atoms with Crippen molar-refractivity contribution < 1.29 is 4.52 Å². The highest BCUT2D eigenvalue weighted by Crippen LogP contribution is 2.35. The van der Waals surface area contributed by atoms with E-state index >= 15 is 0 Å². The van der Waals surface area contributed by atoms with Gasteiger partial charge in [0.05, 0.1) is 5.54 Å². The molecule has 1 saturated carbocycles. The van der Waals surface area contributed by atoms with E-state index in [1.54, 1.807) is 4.68 Å². The SMILES string of the molecule is Cc1nnnn1/C(=C/c1ccccc1)c1nc(C2(N)CCCC2)no1. The lowest BCUT2D eigenvalue weighted by Crippen LogP contribution is -2.34. The van der Waals surface area contributed by atoms with Gasteiger partial charge in [0.2, 0.25) is 0 Å². The molecule has 0 radical (unpaired) electrons. The standard InChI is InChI=1S/C17H19N7O/c1-12-20-22-23-24(12)14(11-13-7-3-2-4-8-13)15-19-16(21-25-15)17(18)9-5-6-10-17/h2-4,7-8,11H,5-6,9-10,18H2,1H3/b14-11+. The molecule has 25 heavy (non-hydrogen) atoms. The van der Waals surface area contributed by atoms with Crippen LogP contribution in [0.25, 0.3) is 11.8 Å². The number of aromatic nitrogens is 6. The van der Waals surface area contributed by atoms with Crippen molar-refractivity contribution >= 4 is 11.8 Å². The first kappa shape index (κ1) is 15.6. The third-order valence-corrected chi connectivity index (χ3v) is 4.54. The zero-order valence-electron chi connectivity index (χ0n) is 14.0. The molecule has 1 aliphatic carbocycles. The monoisotopic (exact) mass is 337 g/mol. The zero-order valence-corrected chi connectivity index (χ0v) is 14.0. The van der Waals surface area contributed by atoms with Crippen molar-refractivity contribution in [2.24, 2.45) is 5.73 Å². The van der Waals surface area contributed by atoms with Gasteiger partial charge >= 0.3 is 0 Å². The van der Waals surface area contributed by atoms with Crippen molar-refractivity contribution in [3.05, 3.63) is 53.4 Å². The summed E-state index contributed by atoms with van der Waals surface area (Å²) in [6.07, 6.45) is 5.82. The first-order chi connectivity index (χ1) is 12.2. The van der Waals surface area contributed by atoms with E-state index in [1.807, 2.05) is 43.3 Å². The molecule has 2 N–H and O–H groups in total. The van der Waals surface area contributed by atoms with Crippen molar-refractivity contribution in [3.8, 4) is 0 Å². The quantitative estimate of drug-likeness (QED) is 0.776. The Bertz CT molecular complexity index is 891. The summed E-state index contributed by atoms with van der Waals surface area (Å²) in [5.74, 6) is 1.53. The molecule has 0 unspecified atom stereocenters. The normalized spacial score (nSPS) is 17.1. The minimum absolute atomic E-state index is 0.353. The molecule has 0 saturated heterocycles. The predicted octanol–water partition coefficient (Wildman–Crippen LogP) is 2.14. The number of hydrogen-bond donors (Lipinski definition) is 1. The van der Waals surface area contributed by atoms with Gasteiger partial charge in [-0.25, -0.2) is 0 Å². The van der Waals surface area contributed by atoms with Crippen molar-refractivity contribution in [1.82, 2.24) is 30.3 Å². The second-order valence-electron chi connectivity index (χ2n) is 6.36. The van der Waals surface area contributed by atoms with Crippen LogP contribution in [0.15, 0.2) is 34.9 Å². The molecular formula is C17H19N7O. The van der Waals surface area contributed by atoms with E-state index < -0.39 is 5.54 Å². The Hall–Kier alpha value is -2.87. The van der Waals surface area contributed by atoms with Crippen molar-refractivity contribution in [3.63, 3.8) is 0 Å². The van der Waals surface area contributed by atoms with Gasteiger partial charge in [-0.3, -0.25) is 0 Å². The van der Waals surface area contributed by atoms with E-state index in [0.717, 1.165) is 31.2 Å². The molecule has 2 aromatic heterocycles. The van der Waals surface area contributed by atoms with Crippen LogP contribution >= 0.6 is 0 Å². The van der Waals surface area contributed by atoms with Crippen molar-refractivity contribution in [2.45, 2.75) is 38.1 Å². The van der Waals surface area contributed by atoms with Gasteiger partial charge in [0.25, 0.3) is 5.89 Å². The van der Waals surface area contributed by atoms with Gasteiger partial charge in [-0.1, -0.05) is 48.3 Å². The predicted molar refractivity (Wildman–Crippen MR) is 90.9 cm³/mol. The van der Waals surface area contributed by atoms with Gasteiger partial charge < -0.3 is 10.3 Å².